The number of aromatic nitrogens is 6. The maximum Gasteiger partial charge on any atom is 0.333 e. The number of anilines is 2. The van der Waals surface area contributed by atoms with Gasteiger partial charge in [-0.2, -0.15) is 18.9 Å². The first-order chi connectivity index (χ1) is 14.6. The van der Waals surface area contributed by atoms with Crippen LogP contribution in [0.1, 0.15) is 6.55 Å². The Bertz CT molecular complexity index is 1140. The van der Waals surface area contributed by atoms with Crippen LogP contribution in [0.4, 0.5) is 20.4 Å². The SMILES string of the molecule is COc1nccc(Nc2cc(Oc3cn(C(F)F)nc3-c3ccccn3)ccn2)n1. The fraction of sp³-hybridized carbons (Fsp3) is 0.105. The van der Waals surface area contributed by atoms with Gasteiger partial charge in [-0.15, -0.1) is 0 Å². The van der Waals surface area contributed by atoms with Crippen LogP contribution in [0.5, 0.6) is 17.5 Å². The lowest BCUT2D eigenvalue weighted by Gasteiger charge is -2.08. The van der Waals surface area contributed by atoms with Crippen LogP contribution in [0, 0.1) is 0 Å². The van der Waals surface area contributed by atoms with Crippen molar-refractivity contribution in [3.63, 3.8) is 0 Å². The van der Waals surface area contributed by atoms with E-state index in [4.69, 9.17) is 9.47 Å². The molecule has 4 aromatic rings. The molecule has 30 heavy (non-hydrogen) atoms. The van der Waals surface area contributed by atoms with Gasteiger partial charge in [0.25, 0.3) is 0 Å². The Hall–Kier alpha value is -4.15. The highest BCUT2D eigenvalue weighted by molar-refractivity contribution is 5.63. The number of pyridine rings is 2. The summed E-state index contributed by atoms with van der Waals surface area (Å²) in [6, 6.07) is 10.1. The van der Waals surface area contributed by atoms with Gasteiger partial charge >= 0.3 is 12.6 Å². The molecule has 0 amide bonds. The van der Waals surface area contributed by atoms with Crippen LogP contribution in [0.15, 0.2) is 61.2 Å². The highest BCUT2D eigenvalue weighted by Gasteiger charge is 2.18. The van der Waals surface area contributed by atoms with Gasteiger partial charge in [0, 0.05) is 24.7 Å². The molecular formula is C19H15F2N7O2. The lowest BCUT2D eigenvalue weighted by atomic mass is 10.2. The molecule has 0 aromatic carbocycles. The van der Waals surface area contributed by atoms with Gasteiger partial charge in [0.1, 0.15) is 17.4 Å². The first-order valence-corrected chi connectivity index (χ1v) is 8.69. The minimum absolute atomic E-state index is 0.134. The van der Waals surface area contributed by atoms with Crippen LogP contribution in [0.3, 0.4) is 0 Å². The molecule has 0 atom stereocenters. The smallest absolute Gasteiger partial charge is 0.333 e. The Morgan fingerprint density at radius 3 is 2.63 bits per heavy atom. The van der Waals surface area contributed by atoms with Crippen molar-refractivity contribution in [2.24, 2.45) is 0 Å². The Morgan fingerprint density at radius 2 is 1.87 bits per heavy atom. The van der Waals surface area contributed by atoms with Gasteiger partial charge in [-0.1, -0.05) is 6.07 Å². The first kappa shape index (κ1) is 19.2. The summed E-state index contributed by atoms with van der Waals surface area (Å²) in [5.41, 5.74) is 0.607. The molecule has 0 unspecified atom stereocenters. The van der Waals surface area contributed by atoms with Crippen molar-refractivity contribution < 1.29 is 18.3 Å². The molecular weight excluding hydrogens is 396 g/mol. The highest BCUT2D eigenvalue weighted by atomic mass is 19.3. The predicted molar refractivity (Wildman–Crippen MR) is 103 cm³/mol. The van der Waals surface area contributed by atoms with Gasteiger partial charge in [0.05, 0.1) is 19.0 Å². The number of hydrogen-bond acceptors (Lipinski definition) is 8. The van der Waals surface area contributed by atoms with E-state index in [9.17, 15) is 8.78 Å². The molecule has 11 heteroatoms. The largest absolute Gasteiger partial charge is 0.467 e. The third kappa shape index (κ3) is 4.29. The van der Waals surface area contributed by atoms with Crippen LogP contribution >= 0.6 is 0 Å². The number of nitrogens with one attached hydrogen (secondary N) is 1. The van der Waals surface area contributed by atoms with E-state index in [-0.39, 0.29) is 17.5 Å². The normalized spacial score (nSPS) is 10.8. The van der Waals surface area contributed by atoms with Gasteiger partial charge in [0.2, 0.25) is 0 Å². The summed E-state index contributed by atoms with van der Waals surface area (Å²) < 4.78 is 37.7. The predicted octanol–water partition coefficient (Wildman–Crippen LogP) is 4.07. The molecule has 0 fully saturated rings. The van der Waals surface area contributed by atoms with Crippen LogP contribution in [-0.2, 0) is 0 Å². The van der Waals surface area contributed by atoms with E-state index in [1.807, 2.05) is 0 Å². The zero-order valence-corrected chi connectivity index (χ0v) is 15.6. The molecule has 0 aliphatic heterocycles. The summed E-state index contributed by atoms with van der Waals surface area (Å²) in [6.07, 6.45) is 5.71. The minimum atomic E-state index is -2.81. The molecule has 0 spiro atoms. The third-order valence-corrected chi connectivity index (χ3v) is 3.84. The zero-order chi connectivity index (χ0) is 20.9. The fourth-order valence-corrected chi connectivity index (χ4v) is 2.54. The first-order valence-electron chi connectivity index (χ1n) is 8.69. The Labute approximate surface area is 169 Å². The molecule has 0 bridgehead atoms. The molecule has 0 aliphatic rings. The number of halogens is 2. The number of rotatable bonds is 7. The van der Waals surface area contributed by atoms with Gasteiger partial charge in [-0.25, -0.2) is 14.6 Å². The average Bonchev–Trinajstić information content (AvgIpc) is 3.19. The molecule has 9 nitrogen and oxygen atoms in total. The van der Waals surface area contributed by atoms with E-state index in [1.54, 1.807) is 42.6 Å². The second-order valence-electron chi connectivity index (χ2n) is 5.85. The summed E-state index contributed by atoms with van der Waals surface area (Å²) in [5.74, 6) is 1.38. The maximum absolute atomic E-state index is 13.2. The minimum Gasteiger partial charge on any atom is -0.467 e. The Balaban J connectivity index is 1.61. The van der Waals surface area contributed by atoms with Gasteiger partial charge in [-0.05, 0) is 24.3 Å². The average molecular weight is 411 g/mol. The second kappa shape index (κ2) is 8.47. The Morgan fingerprint density at radius 1 is 1.00 bits per heavy atom. The lowest BCUT2D eigenvalue weighted by Crippen LogP contribution is -1.99. The molecule has 0 radical (unpaired) electrons. The summed E-state index contributed by atoms with van der Waals surface area (Å²) in [7, 11) is 1.46. The summed E-state index contributed by atoms with van der Waals surface area (Å²) >= 11 is 0. The zero-order valence-electron chi connectivity index (χ0n) is 15.6. The van der Waals surface area contributed by atoms with Gasteiger partial charge in [0.15, 0.2) is 11.4 Å². The summed E-state index contributed by atoms with van der Waals surface area (Å²) in [5, 5.41) is 6.90. The number of hydrogen-bond donors (Lipinski definition) is 1. The number of ether oxygens (including phenoxy) is 2. The van der Waals surface area contributed by atoms with Crippen LogP contribution in [0.2, 0.25) is 0 Å². The van der Waals surface area contributed by atoms with Crippen molar-refractivity contribution in [2.45, 2.75) is 6.55 Å². The second-order valence-corrected chi connectivity index (χ2v) is 5.85. The summed E-state index contributed by atoms with van der Waals surface area (Å²) in [6.45, 7) is -2.81. The van der Waals surface area contributed by atoms with Crippen molar-refractivity contribution in [1.29, 1.82) is 0 Å². The van der Waals surface area contributed by atoms with Gasteiger partial charge < -0.3 is 14.8 Å². The molecule has 1 N–H and O–H groups in total. The van der Waals surface area contributed by atoms with Crippen molar-refractivity contribution in [1.82, 2.24) is 29.7 Å². The fourth-order valence-electron chi connectivity index (χ4n) is 2.54. The van der Waals surface area contributed by atoms with E-state index < -0.39 is 6.55 Å². The molecule has 4 aromatic heterocycles. The van der Waals surface area contributed by atoms with Gasteiger partial charge in [-0.3, -0.25) is 4.98 Å². The molecule has 4 rings (SSSR count). The summed E-state index contributed by atoms with van der Waals surface area (Å²) in [4.78, 5) is 16.4. The van der Waals surface area contributed by atoms with E-state index in [2.05, 4.69) is 30.4 Å². The van der Waals surface area contributed by atoms with E-state index in [1.165, 1.54) is 19.5 Å². The number of nitrogens with zero attached hydrogens (tertiary/aromatic N) is 6. The molecule has 0 aliphatic carbocycles. The molecule has 152 valence electrons. The van der Waals surface area contributed by atoms with E-state index >= 15 is 0 Å². The number of alkyl halides is 2. The lowest BCUT2D eigenvalue weighted by molar-refractivity contribution is 0.0566. The van der Waals surface area contributed by atoms with E-state index in [0.29, 0.717) is 27.8 Å². The van der Waals surface area contributed by atoms with Crippen molar-refractivity contribution in [2.75, 3.05) is 12.4 Å². The highest BCUT2D eigenvalue weighted by Crippen LogP contribution is 2.33. The molecule has 4 heterocycles. The van der Waals surface area contributed by atoms with Crippen molar-refractivity contribution in [3.05, 3.63) is 61.2 Å². The quantitative estimate of drug-likeness (QED) is 0.486. The molecule has 0 saturated carbocycles. The standard InChI is InChI=1S/C19H15F2N7O2/c1-29-19-24-9-6-15(26-19)25-16-10-12(5-8-23-16)30-14-11-28(18(20)21)27-17(14)13-4-2-3-7-22-13/h2-11,18H,1H3,(H,23,24,25,26). The van der Waals surface area contributed by atoms with Crippen LogP contribution < -0.4 is 14.8 Å². The van der Waals surface area contributed by atoms with Crippen molar-refractivity contribution >= 4 is 11.6 Å². The third-order valence-electron chi connectivity index (χ3n) is 3.84. The van der Waals surface area contributed by atoms with E-state index in [0.717, 1.165) is 6.20 Å². The maximum atomic E-state index is 13.2. The monoisotopic (exact) mass is 411 g/mol. The molecule has 0 saturated heterocycles. The van der Waals surface area contributed by atoms with Crippen LogP contribution in [-0.4, -0.2) is 36.8 Å². The number of methoxy groups -OCH3 is 1. The Kier molecular flexibility index (Phi) is 5.42. The topological polar surface area (TPSA) is 99.9 Å². The van der Waals surface area contributed by atoms with Crippen molar-refractivity contribution in [3.8, 4) is 28.9 Å². The van der Waals surface area contributed by atoms with Crippen LogP contribution in [0.25, 0.3) is 11.4 Å².